The summed E-state index contributed by atoms with van der Waals surface area (Å²) in [6.45, 7) is 12.7. The second kappa shape index (κ2) is 9.70. The minimum absolute atomic E-state index is 0.833. The summed E-state index contributed by atoms with van der Waals surface area (Å²) in [4.78, 5) is 0. The predicted molar refractivity (Wildman–Crippen MR) is 85.2 cm³/mol. The first-order valence-electron chi connectivity index (χ1n) is 7.11. The first-order chi connectivity index (χ1) is 8.65. The first-order valence-corrected chi connectivity index (χ1v) is 7.11. The van der Waals surface area contributed by atoms with E-state index in [-0.39, 0.29) is 0 Å². The molecule has 0 aliphatic rings. The summed E-state index contributed by atoms with van der Waals surface area (Å²) in [5.74, 6) is 0.833. The highest BCUT2D eigenvalue weighted by atomic mass is 14.0. The topological polar surface area (TPSA) is 0 Å². The number of hydrogen-bond donors (Lipinski definition) is 0. The molecule has 100 valence electrons. The molecule has 0 nitrogen and oxygen atoms in total. The van der Waals surface area contributed by atoms with Gasteiger partial charge in [-0.1, -0.05) is 84.0 Å². The second-order valence-electron chi connectivity index (χ2n) is 4.72. The molecule has 0 unspecified atom stereocenters. The van der Waals surface area contributed by atoms with E-state index < -0.39 is 0 Å². The Bertz CT molecular complexity index is 419. The third kappa shape index (κ3) is 5.86. The normalized spacial score (nSPS) is 9.28. The van der Waals surface area contributed by atoms with Gasteiger partial charge in [0.05, 0.1) is 0 Å². The Balaban J connectivity index is 0.000000415. The third-order valence-electron chi connectivity index (χ3n) is 2.26. The van der Waals surface area contributed by atoms with Crippen LogP contribution in [0.3, 0.4) is 0 Å². The van der Waals surface area contributed by atoms with E-state index in [0.717, 1.165) is 12.3 Å². The average molecular weight is 244 g/mol. The molecular formula is C18H28. The smallest absolute Gasteiger partial charge is 0.0152 e. The molecule has 0 atom stereocenters. The molecule has 0 saturated carbocycles. The van der Waals surface area contributed by atoms with Gasteiger partial charge in [0.15, 0.2) is 0 Å². The highest BCUT2D eigenvalue weighted by molar-refractivity contribution is 5.85. The van der Waals surface area contributed by atoms with Crippen LogP contribution in [0.25, 0.3) is 10.8 Å². The van der Waals surface area contributed by atoms with Crippen LogP contribution in [0.2, 0.25) is 0 Å². The van der Waals surface area contributed by atoms with Gasteiger partial charge >= 0.3 is 0 Å². The first kappa shape index (κ1) is 16.7. The van der Waals surface area contributed by atoms with Crippen molar-refractivity contribution in [3.63, 3.8) is 0 Å². The third-order valence-corrected chi connectivity index (χ3v) is 2.26. The lowest BCUT2D eigenvalue weighted by molar-refractivity contribution is 0.737. The molecule has 0 N–H and O–H groups in total. The van der Waals surface area contributed by atoms with Gasteiger partial charge in [-0.2, -0.15) is 0 Å². The fraction of sp³-hybridized carbons (Fsp3) is 0.444. The minimum atomic E-state index is 0.833. The summed E-state index contributed by atoms with van der Waals surface area (Å²) < 4.78 is 0. The minimum Gasteiger partial charge on any atom is -0.0683 e. The highest BCUT2D eigenvalue weighted by Crippen LogP contribution is 2.18. The van der Waals surface area contributed by atoms with Crippen molar-refractivity contribution in [1.82, 2.24) is 0 Å². The van der Waals surface area contributed by atoms with Crippen molar-refractivity contribution in [2.75, 3.05) is 0 Å². The zero-order valence-corrected chi connectivity index (χ0v) is 12.8. The Kier molecular flexibility index (Phi) is 9.00. The van der Waals surface area contributed by atoms with Crippen LogP contribution in [0.5, 0.6) is 0 Å². The van der Waals surface area contributed by atoms with E-state index in [2.05, 4.69) is 70.2 Å². The van der Waals surface area contributed by atoms with Crippen LogP contribution in [0.15, 0.2) is 42.5 Å². The van der Waals surface area contributed by atoms with E-state index in [1.54, 1.807) is 0 Å². The van der Waals surface area contributed by atoms with Crippen LogP contribution in [0, 0.1) is 5.92 Å². The molecule has 0 heteroatoms. The van der Waals surface area contributed by atoms with Crippen molar-refractivity contribution >= 4 is 10.8 Å². The van der Waals surface area contributed by atoms with Crippen LogP contribution in [0.1, 0.15) is 47.1 Å². The van der Waals surface area contributed by atoms with Crippen molar-refractivity contribution in [3.8, 4) is 0 Å². The van der Waals surface area contributed by atoms with Crippen LogP contribution in [-0.4, -0.2) is 0 Å². The average Bonchev–Trinajstić information content (AvgIpc) is 2.40. The number of benzene rings is 2. The maximum Gasteiger partial charge on any atom is -0.0152 e. The summed E-state index contributed by atoms with van der Waals surface area (Å²) in [5.41, 5.74) is 1.44. The fourth-order valence-electron chi connectivity index (χ4n) is 1.60. The Hall–Kier alpha value is -1.30. The van der Waals surface area contributed by atoms with Gasteiger partial charge < -0.3 is 0 Å². The summed E-state index contributed by atoms with van der Waals surface area (Å²) in [6.07, 6.45) is 1.11. The number of aryl methyl sites for hydroxylation is 1. The SMILES string of the molecule is CC.CC(C)C.CCc1cccc2ccccc12. The van der Waals surface area contributed by atoms with E-state index >= 15 is 0 Å². The molecule has 2 rings (SSSR count). The Morgan fingerprint density at radius 3 is 1.89 bits per heavy atom. The van der Waals surface area contributed by atoms with Gasteiger partial charge in [0.1, 0.15) is 0 Å². The zero-order valence-electron chi connectivity index (χ0n) is 12.8. The molecule has 0 bridgehead atoms. The lowest BCUT2D eigenvalue weighted by Gasteiger charge is -2.02. The van der Waals surface area contributed by atoms with Crippen molar-refractivity contribution < 1.29 is 0 Å². The molecule has 0 aliphatic heterocycles. The molecule has 2 aromatic rings. The van der Waals surface area contributed by atoms with Crippen molar-refractivity contribution in [2.45, 2.75) is 48.0 Å². The quantitative estimate of drug-likeness (QED) is 0.569. The van der Waals surface area contributed by atoms with Gasteiger partial charge in [0, 0.05) is 0 Å². The number of hydrogen-bond acceptors (Lipinski definition) is 0. The van der Waals surface area contributed by atoms with Crippen molar-refractivity contribution in [1.29, 1.82) is 0 Å². The Morgan fingerprint density at radius 2 is 1.33 bits per heavy atom. The molecule has 0 fully saturated rings. The summed E-state index contributed by atoms with van der Waals surface area (Å²) >= 11 is 0. The second-order valence-corrected chi connectivity index (χ2v) is 4.72. The van der Waals surface area contributed by atoms with Gasteiger partial charge in [-0.3, -0.25) is 0 Å². The lowest BCUT2D eigenvalue weighted by atomic mass is 10.0. The number of fused-ring (bicyclic) bond motifs is 1. The van der Waals surface area contributed by atoms with Gasteiger partial charge in [-0.25, -0.2) is 0 Å². The van der Waals surface area contributed by atoms with Gasteiger partial charge in [-0.15, -0.1) is 0 Å². The van der Waals surface area contributed by atoms with Crippen LogP contribution in [0.4, 0.5) is 0 Å². The predicted octanol–water partition coefficient (Wildman–Crippen LogP) is 6.09. The van der Waals surface area contributed by atoms with E-state index in [4.69, 9.17) is 0 Å². The molecule has 2 aromatic carbocycles. The molecule has 0 heterocycles. The summed E-state index contributed by atoms with van der Waals surface area (Å²) in [6, 6.07) is 15.0. The molecule has 18 heavy (non-hydrogen) atoms. The van der Waals surface area contributed by atoms with Gasteiger partial charge in [0.2, 0.25) is 0 Å². The fourth-order valence-corrected chi connectivity index (χ4v) is 1.60. The lowest BCUT2D eigenvalue weighted by Crippen LogP contribution is -1.81. The Morgan fingerprint density at radius 1 is 0.833 bits per heavy atom. The van der Waals surface area contributed by atoms with Crippen molar-refractivity contribution in [3.05, 3.63) is 48.0 Å². The van der Waals surface area contributed by atoms with E-state index in [1.807, 2.05) is 13.8 Å². The highest BCUT2D eigenvalue weighted by Gasteiger charge is 1.95. The molecule has 0 spiro atoms. The van der Waals surface area contributed by atoms with Crippen LogP contribution in [-0.2, 0) is 6.42 Å². The van der Waals surface area contributed by atoms with E-state index in [0.29, 0.717) is 0 Å². The molecule has 0 amide bonds. The van der Waals surface area contributed by atoms with E-state index in [9.17, 15) is 0 Å². The maximum atomic E-state index is 2.20. The van der Waals surface area contributed by atoms with Crippen molar-refractivity contribution in [2.24, 2.45) is 5.92 Å². The largest absolute Gasteiger partial charge is 0.0683 e. The monoisotopic (exact) mass is 244 g/mol. The Labute approximate surface area is 113 Å². The standard InChI is InChI=1S/C12H12.C4H10.C2H6/c1-2-10-7-5-8-11-6-3-4-9-12(10)11;1-4(2)3;1-2/h3-9H,2H2,1H3;4H,1-3H3;1-2H3. The molecule has 0 radical (unpaired) electrons. The zero-order chi connectivity index (χ0) is 14.0. The van der Waals surface area contributed by atoms with Crippen LogP contribution < -0.4 is 0 Å². The van der Waals surface area contributed by atoms with Gasteiger partial charge in [0.25, 0.3) is 0 Å². The summed E-state index contributed by atoms with van der Waals surface area (Å²) in [5, 5.41) is 2.74. The maximum absolute atomic E-state index is 2.20. The van der Waals surface area contributed by atoms with Gasteiger partial charge in [-0.05, 0) is 28.7 Å². The van der Waals surface area contributed by atoms with E-state index in [1.165, 1.54) is 16.3 Å². The van der Waals surface area contributed by atoms with Crippen LogP contribution >= 0.6 is 0 Å². The molecule has 0 aromatic heterocycles. The molecular weight excluding hydrogens is 216 g/mol. The summed E-state index contributed by atoms with van der Waals surface area (Å²) in [7, 11) is 0. The molecule has 0 saturated heterocycles. The molecule has 0 aliphatic carbocycles. The number of rotatable bonds is 1.